The number of benzene rings is 1. The van der Waals surface area contributed by atoms with Crippen LogP contribution in [0.5, 0.6) is 0 Å². The molecule has 1 aromatic carbocycles. The molecule has 3 nitrogen and oxygen atoms in total. The number of pyridine rings is 1. The third-order valence-electron chi connectivity index (χ3n) is 3.56. The lowest BCUT2D eigenvalue weighted by Gasteiger charge is -2.19. The Kier molecular flexibility index (Phi) is 3.92. The second-order valence-corrected chi connectivity index (χ2v) is 7.20. The molecule has 0 aliphatic heterocycles. The normalized spacial score (nSPS) is 12.0. The lowest BCUT2D eigenvalue weighted by Crippen LogP contribution is -2.15. The number of imidazole rings is 1. The predicted octanol–water partition coefficient (Wildman–Crippen LogP) is 4.72. The summed E-state index contributed by atoms with van der Waals surface area (Å²) in [4.78, 5) is 9.30. The quantitative estimate of drug-likeness (QED) is 0.700. The topological polar surface area (TPSA) is 30.7 Å². The zero-order valence-corrected chi connectivity index (χ0v) is 13.9. The number of hydrogen-bond acceptors (Lipinski definition) is 2. The zero-order chi connectivity index (χ0) is 15.7. The van der Waals surface area contributed by atoms with Gasteiger partial charge in [0, 0.05) is 17.6 Å². The standard InChI is InChI=1S/C18H20ClN3/c1-18(2,3)11-16-21-15-9-6-10-20-17(15)22(16)12-13-7-4-5-8-14(13)19/h4-10H,11-12H2,1-3H3. The third-order valence-corrected chi connectivity index (χ3v) is 3.93. The van der Waals surface area contributed by atoms with Crippen LogP contribution >= 0.6 is 11.6 Å². The van der Waals surface area contributed by atoms with Crippen LogP contribution in [0.4, 0.5) is 0 Å². The van der Waals surface area contributed by atoms with E-state index in [0.29, 0.717) is 6.54 Å². The van der Waals surface area contributed by atoms with Gasteiger partial charge in [-0.1, -0.05) is 50.6 Å². The van der Waals surface area contributed by atoms with Gasteiger partial charge in [0.15, 0.2) is 5.65 Å². The van der Waals surface area contributed by atoms with Crippen molar-refractivity contribution in [3.05, 3.63) is 59.0 Å². The Hall–Kier alpha value is -1.87. The number of rotatable bonds is 3. The molecule has 4 heteroatoms. The average Bonchev–Trinajstić information content (AvgIpc) is 2.77. The summed E-state index contributed by atoms with van der Waals surface area (Å²) in [5.74, 6) is 1.06. The Bertz CT molecular complexity index is 799. The molecule has 0 unspecified atom stereocenters. The molecule has 2 heterocycles. The fourth-order valence-electron chi connectivity index (χ4n) is 2.58. The van der Waals surface area contributed by atoms with Crippen LogP contribution in [0.3, 0.4) is 0 Å². The molecule has 0 amide bonds. The Morgan fingerprint density at radius 3 is 2.59 bits per heavy atom. The fourth-order valence-corrected chi connectivity index (χ4v) is 2.77. The van der Waals surface area contributed by atoms with Crippen LogP contribution in [0.2, 0.25) is 5.02 Å². The van der Waals surface area contributed by atoms with Crippen molar-refractivity contribution in [1.29, 1.82) is 0 Å². The number of halogens is 1. The Labute approximate surface area is 136 Å². The predicted molar refractivity (Wildman–Crippen MR) is 91.2 cm³/mol. The van der Waals surface area contributed by atoms with Crippen LogP contribution in [0.1, 0.15) is 32.2 Å². The van der Waals surface area contributed by atoms with E-state index in [4.69, 9.17) is 16.6 Å². The van der Waals surface area contributed by atoms with Gasteiger partial charge >= 0.3 is 0 Å². The number of fused-ring (bicyclic) bond motifs is 1. The molecule has 0 aliphatic rings. The molecular formula is C18H20ClN3. The van der Waals surface area contributed by atoms with Crippen molar-refractivity contribution in [2.75, 3.05) is 0 Å². The van der Waals surface area contributed by atoms with E-state index in [0.717, 1.165) is 34.0 Å². The van der Waals surface area contributed by atoms with Gasteiger partial charge in [-0.2, -0.15) is 0 Å². The van der Waals surface area contributed by atoms with Gasteiger partial charge in [0.25, 0.3) is 0 Å². The smallest absolute Gasteiger partial charge is 0.160 e. The first-order chi connectivity index (χ1) is 10.4. The van der Waals surface area contributed by atoms with Gasteiger partial charge in [0.2, 0.25) is 0 Å². The first kappa shape index (κ1) is 15.0. The van der Waals surface area contributed by atoms with Gasteiger partial charge in [0.05, 0.1) is 6.54 Å². The molecule has 0 saturated carbocycles. The van der Waals surface area contributed by atoms with E-state index in [1.54, 1.807) is 0 Å². The van der Waals surface area contributed by atoms with E-state index in [-0.39, 0.29) is 5.41 Å². The van der Waals surface area contributed by atoms with E-state index < -0.39 is 0 Å². The molecule has 114 valence electrons. The monoisotopic (exact) mass is 313 g/mol. The second kappa shape index (κ2) is 5.73. The van der Waals surface area contributed by atoms with Gasteiger partial charge in [-0.3, -0.25) is 0 Å². The highest BCUT2D eigenvalue weighted by Crippen LogP contribution is 2.25. The van der Waals surface area contributed by atoms with Gasteiger partial charge in [0.1, 0.15) is 11.3 Å². The number of nitrogens with zero attached hydrogens (tertiary/aromatic N) is 3. The fraction of sp³-hybridized carbons (Fsp3) is 0.333. The molecule has 0 N–H and O–H groups in total. The van der Waals surface area contributed by atoms with E-state index >= 15 is 0 Å². The molecular weight excluding hydrogens is 294 g/mol. The minimum atomic E-state index is 0.166. The molecule has 0 spiro atoms. The van der Waals surface area contributed by atoms with Crippen molar-refractivity contribution in [3.8, 4) is 0 Å². The van der Waals surface area contributed by atoms with Gasteiger partial charge in [-0.25, -0.2) is 9.97 Å². The highest BCUT2D eigenvalue weighted by Gasteiger charge is 2.19. The van der Waals surface area contributed by atoms with Crippen molar-refractivity contribution >= 4 is 22.8 Å². The lowest BCUT2D eigenvalue weighted by atomic mass is 9.92. The molecule has 0 saturated heterocycles. The summed E-state index contributed by atoms with van der Waals surface area (Å²) in [5.41, 5.74) is 3.11. The molecule has 2 aromatic heterocycles. The largest absolute Gasteiger partial charge is 0.308 e. The van der Waals surface area contributed by atoms with Crippen LogP contribution in [-0.4, -0.2) is 14.5 Å². The summed E-state index contributed by atoms with van der Waals surface area (Å²) in [6.07, 6.45) is 2.71. The highest BCUT2D eigenvalue weighted by molar-refractivity contribution is 6.31. The molecule has 0 bridgehead atoms. The molecule has 22 heavy (non-hydrogen) atoms. The Morgan fingerprint density at radius 1 is 1.09 bits per heavy atom. The molecule has 0 fully saturated rings. The van der Waals surface area contributed by atoms with E-state index in [9.17, 15) is 0 Å². The number of aromatic nitrogens is 3. The van der Waals surface area contributed by atoms with Crippen molar-refractivity contribution < 1.29 is 0 Å². The molecule has 3 aromatic rings. The van der Waals surface area contributed by atoms with Crippen molar-refractivity contribution in [2.45, 2.75) is 33.7 Å². The first-order valence-corrected chi connectivity index (χ1v) is 7.85. The molecule has 0 radical (unpaired) electrons. The highest BCUT2D eigenvalue weighted by atomic mass is 35.5. The summed E-state index contributed by atoms with van der Waals surface area (Å²) in [6.45, 7) is 7.36. The van der Waals surface area contributed by atoms with E-state index in [2.05, 4.69) is 36.4 Å². The van der Waals surface area contributed by atoms with Crippen LogP contribution in [0.25, 0.3) is 11.2 Å². The Morgan fingerprint density at radius 2 is 1.86 bits per heavy atom. The van der Waals surface area contributed by atoms with E-state index in [1.165, 1.54) is 0 Å². The van der Waals surface area contributed by atoms with Gasteiger partial charge in [-0.15, -0.1) is 0 Å². The van der Waals surface area contributed by atoms with Crippen molar-refractivity contribution in [1.82, 2.24) is 14.5 Å². The van der Waals surface area contributed by atoms with Gasteiger partial charge < -0.3 is 4.57 Å². The average molecular weight is 314 g/mol. The van der Waals surface area contributed by atoms with Crippen LogP contribution in [0.15, 0.2) is 42.6 Å². The summed E-state index contributed by atoms with van der Waals surface area (Å²) in [5, 5.41) is 0.780. The van der Waals surface area contributed by atoms with Gasteiger partial charge in [-0.05, 0) is 29.2 Å². The van der Waals surface area contributed by atoms with Crippen LogP contribution < -0.4 is 0 Å². The summed E-state index contributed by atoms with van der Waals surface area (Å²) >= 11 is 6.32. The maximum atomic E-state index is 6.32. The van der Waals surface area contributed by atoms with Crippen molar-refractivity contribution in [3.63, 3.8) is 0 Å². The minimum absolute atomic E-state index is 0.166. The first-order valence-electron chi connectivity index (χ1n) is 7.47. The van der Waals surface area contributed by atoms with Crippen molar-refractivity contribution in [2.24, 2.45) is 5.41 Å². The maximum Gasteiger partial charge on any atom is 0.160 e. The minimum Gasteiger partial charge on any atom is -0.308 e. The molecule has 0 atom stereocenters. The summed E-state index contributed by atoms with van der Waals surface area (Å²) in [6, 6.07) is 11.9. The summed E-state index contributed by atoms with van der Waals surface area (Å²) < 4.78 is 2.18. The zero-order valence-electron chi connectivity index (χ0n) is 13.2. The Balaban J connectivity index is 2.09. The maximum absolute atomic E-state index is 6.32. The molecule has 0 aliphatic carbocycles. The molecule has 3 rings (SSSR count). The van der Waals surface area contributed by atoms with E-state index in [1.807, 2.05) is 36.5 Å². The SMILES string of the molecule is CC(C)(C)Cc1nc2cccnc2n1Cc1ccccc1Cl. The lowest BCUT2D eigenvalue weighted by molar-refractivity contribution is 0.394. The third kappa shape index (κ3) is 3.14. The van der Waals surface area contributed by atoms with Crippen LogP contribution in [-0.2, 0) is 13.0 Å². The van der Waals surface area contributed by atoms with Crippen LogP contribution in [0, 0.1) is 5.41 Å². The second-order valence-electron chi connectivity index (χ2n) is 6.79. The summed E-state index contributed by atoms with van der Waals surface area (Å²) in [7, 11) is 0. The number of hydrogen-bond donors (Lipinski definition) is 0.